The minimum Gasteiger partial charge on any atom is -0.423 e. The van der Waals surface area contributed by atoms with Gasteiger partial charge in [-0.25, -0.2) is 4.39 Å². The molecule has 110 valence electrons. The zero-order valence-corrected chi connectivity index (χ0v) is 12.2. The Labute approximate surface area is 126 Å². The van der Waals surface area contributed by atoms with E-state index < -0.39 is 7.12 Å². The fourth-order valence-corrected chi connectivity index (χ4v) is 2.77. The van der Waals surface area contributed by atoms with Gasteiger partial charge in [0.15, 0.2) is 0 Å². The van der Waals surface area contributed by atoms with E-state index in [1.54, 1.807) is 12.1 Å². The molecule has 0 spiro atoms. The van der Waals surface area contributed by atoms with Crippen molar-refractivity contribution in [3.63, 3.8) is 0 Å². The summed E-state index contributed by atoms with van der Waals surface area (Å²) in [6.07, 6.45) is 0.665. The predicted molar refractivity (Wildman–Crippen MR) is 81.0 cm³/mol. The molecule has 7 heteroatoms. The molecular formula is C14H15BFNO3S. The summed E-state index contributed by atoms with van der Waals surface area (Å²) in [6.45, 7) is 1.92. The standard InChI is InChI=1S/C14H15BFNO3S/c1-2-12(9-3-5-11(16)6-4-9)17-14(18)13-7-10(8-21-13)15(19)20/h3-8,12,19-20H,2H2,1H3,(H,17,18). The van der Waals surface area contributed by atoms with Crippen LogP contribution in [0.2, 0.25) is 0 Å². The number of benzene rings is 1. The highest BCUT2D eigenvalue weighted by Crippen LogP contribution is 2.18. The molecule has 0 bridgehead atoms. The second-order valence-electron chi connectivity index (χ2n) is 4.60. The third-order valence-corrected chi connectivity index (χ3v) is 4.07. The summed E-state index contributed by atoms with van der Waals surface area (Å²) in [6, 6.07) is 7.22. The minimum absolute atomic E-state index is 0.220. The Kier molecular flexibility index (Phi) is 5.11. The van der Waals surface area contributed by atoms with Crippen LogP contribution in [0.15, 0.2) is 35.7 Å². The van der Waals surface area contributed by atoms with E-state index in [0.717, 1.165) is 16.9 Å². The maximum absolute atomic E-state index is 12.9. The molecule has 0 fully saturated rings. The minimum atomic E-state index is -1.58. The topological polar surface area (TPSA) is 69.6 Å². The van der Waals surface area contributed by atoms with Crippen molar-refractivity contribution < 1.29 is 19.2 Å². The summed E-state index contributed by atoms with van der Waals surface area (Å²) in [5, 5.41) is 22.5. The largest absolute Gasteiger partial charge is 0.489 e. The SMILES string of the molecule is CCC(NC(=O)c1cc(B(O)O)cs1)c1ccc(F)cc1. The van der Waals surface area contributed by atoms with Gasteiger partial charge < -0.3 is 15.4 Å². The van der Waals surface area contributed by atoms with E-state index in [1.165, 1.54) is 23.6 Å². The van der Waals surface area contributed by atoms with Crippen LogP contribution < -0.4 is 10.8 Å². The summed E-state index contributed by atoms with van der Waals surface area (Å²) in [4.78, 5) is 12.6. The Morgan fingerprint density at radius 2 is 2.05 bits per heavy atom. The number of thiophene rings is 1. The van der Waals surface area contributed by atoms with E-state index in [1.807, 2.05) is 6.92 Å². The molecule has 2 aromatic rings. The van der Waals surface area contributed by atoms with Gasteiger partial charge in [-0.1, -0.05) is 19.1 Å². The first-order valence-electron chi connectivity index (χ1n) is 6.52. The van der Waals surface area contributed by atoms with E-state index in [9.17, 15) is 9.18 Å². The molecule has 1 aromatic carbocycles. The lowest BCUT2D eigenvalue weighted by atomic mass is 9.82. The van der Waals surface area contributed by atoms with E-state index in [2.05, 4.69) is 5.32 Å². The van der Waals surface area contributed by atoms with E-state index in [4.69, 9.17) is 10.0 Å². The number of hydrogen-bond acceptors (Lipinski definition) is 4. The van der Waals surface area contributed by atoms with Crippen LogP contribution in [0.4, 0.5) is 4.39 Å². The zero-order valence-electron chi connectivity index (χ0n) is 11.4. The van der Waals surface area contributed by atoms with Crippen molar-refractivity contribution >= 4 is 29.8 Å². The molecule has 4 nitrogen and oxygen atoms in total. The van der Waals surface area contributed by atoms with Crippen molar-refractivity contribution in [1.82, 2.24) is 5.32 Å². The number of amides is 1. The summed E-state index contributed by atoms with van der Waals surface area (Å²) in [7, 11) is -1.58. The number of halogens is 1. The van der Waals surface area contributed by atoms with Crippen LogP contribution in [0.3, 0.4) is 0 Å². The molecule has 1 unspecified atom stereocenters. The van der Waals surface area contributed by atoms with Crippen LogP contribution in [0.25, 0.3) is 0 Å². The fourth-order valence-electron chi connectivity index (χ4n) is 1.95. The predicted octanol–water partition coefficient (Wildman–Crippen LogP) is 1.45. The zero-order chi connectivity index (χ0) is 15.4. The van der Waals surface area contributed by atoms with Crippen molar-refractivity contribution in [2.24, 2.45) is 0 Å². The van der Waals surface area contributed by atoms with E-state index in [0.29, 0.717) is 16.8 Å². The summed E-state index contributed by atoms with van der Waals surface area (Å²) in [5.74, 6) is -0.608. The lowest BCUT2D eigenvalue weighted by molar-refractivity contribution is 0.0939. The molecule has 0 radical (unpaired) electrons. The molecule has 21 heavy (non-hydrogen) atoms. The van der Waals surface area contributed by atoms with Gasteiger partial charge in [-0.05, 0) is 41.0 Å². The van der Waals surface area contributed by atoms with E-state index in [-0.39, 0.29) is 17.8 Å². The summed E-state index contributed by atoms with van der Waals surface area (Å²) < 4.78 is 12.9. The monoisotopic (exact) mass is 307 g/mol. The second kappa shape index (κ2) is 6.84. The molecule has 1 amide bonds. The normalized spacial score (nSPS) is 12.0. The molecule has 1 aromatic heterocycles. The van der Waals surface area contributed by atoms with Gasteiger partial charge in [-0.15, -0.1) is 11.3 Å². The molecule has 0 saturated carbocycles. The first-order valence-corrected chi connectivity index (χ1v) is 7.40. The quantitative estimate of drug-likeness (QED) is 0.732. The highest BCUT2D eigenvalue weighted by molar-refractivity contribution is 7.13. The highest BCUT2D eigenvalue weighted by atomic mass is 32.1. The van der Waals surface area contributed by atoms with Crippen LogP contribution in [-0.2, 0) is 0 Å². The third-order valence-electron chi connectivity index (χ3n) is 3.13. The number of carbonyl (C=O) groups excluding carboxylic acids is 1. The number of hydrogen-bond donors (Lipinski definition) is 3. The summed E-state index contributed by atoms with van der Waals surface area (Å²) >= 11 is 1.14. The van der Waals surface area contributed by atoms with Crippen molar-refractivity contribution in [3.05, 3.63) is 52.0 Å². The maximum Gasteiger partial charge on any atom is 0.489 e. The molecule has 0 aliphatic rings. The Morgan fingerprint density at radius 1 is 1.38 bits per heavy atom. The lowest BCUT2D eigenvalue weighted by Crippen LogP contribution is -2.30. The first-order chi connectivity index (χ1) is 10.0. The molecule has 0 saturated heterocycles. The average Bonchev–Trinajstić information content (AvgIpc) is 2.96. The number of rotatable bonds is 5. The van der Waals surface area contributed by atoms with Crippen molar-refractivity contribution in [2.45, 2.75) is 19.4 Å². The van der Waals surface area contributed by atoms with E-state index >= 15 is 0 Å². The highest BCUT2D eigenvalue weighted by Gasteiger charge is 2.19. The molecule has 2 rings (SSSR count). The van der Waals surface area contributed by atoms with Crippen molar-refractivity contribution in [3.8, 4) is 0 Å². The van der Waals surface area contributed by atoms with Gasteiger partial charge in [-0.2, -0.15) is 0 Å². The number of carbonyl (C=O) groups is 1. The van der Waals surface area contributed by atoms with Crippen LogP contribution in [0.5, 0.6) is 0 Å². The molecule has 3 N–H and O–H groups in total. The fraction of sp³-hybridized carbons (Fsp3) is 0.214. The molecular weight excluding hydrogens is 292 g/mol. The first kappa shape index (κ1) is 15.7. The molecule has 1 heterocycles. The van der Waals surface area contributed by atoms with Crippen LogP contribution >= 0.6 is 11.3 Å². The smallest absolute Gasteiger partial charge is 0.423 e. The second-order valence-corrected chi connectivity index (χ2v) is 5.52. The summed E-state index contributed by atoms with van der Waals surface area (Å²) in [5.41, 5.74) is 1.12. The lowest BCUT2D eigenvalue weighted by Gasteiger charge is -2.17. The van der Waals surface area contributed by atoms with Gasteiger partial charge in [0.25, 0.3) is 5.91 Å². The van der Waals surface area contributed by atoms with Gasteiger partial charge in [0.05, 0.1) is 10.9 Å². The number of nitrogens with one attached hydrogen (secondary N) is 1. The van der Waals surface area contributed by atoms with Crippen LogP contribution in [0, 0.1) is 5.82 Å². The van der Waals surface area contributed by atoms with Crippen molar-refractivity contribution in [1.29, 1.82) is 0 Å². The van der Waals surface area contributed by atoms with Crippen LogP contribution in [0.1, 0.15) is 34.6 Å². The van der Waals surface area contributed by atoms with Gasteiger partial charge >= 0.3 is 7.12 Å². The van der Waals surface area contributed by atoms with Gasteiger partial charge in [0.1, 0.15) is 5.82 Å². The molecule has 1 atom stereocenters. The molecule has 0 aliphatic heterocycles. The van der Waals surface area contributed by atoms with Crippen LogP contribution in [-0.4, -0.2) is 23.1 Å². The average molecular weight is 307 g/mol. The third kappa shape index (κ3) is 3.90. The maximum atomic E-state index is 12.9. The Morgan fingerprint density at radius 3 is 2.57 bits per heavy atom. The Bertz CT molecular complexity index is 615. The van der Waals surface area contributed by atoms with Gasteiger partial charge in [0, 0.05) is 0 Å². The van der Waals surface area contributed by atoms with Gasteiger partial charge in [0.2, 0.25) is 0 Å². The Hall–Kier alpha value is -1.70. The molecule has 0 aliphatic carbocycles. The van der Waals surface area contributed by atoms with Crippen molar-refractivity contribution in [2.75, 3.05) is 0 Å². The van der Waals surface area contributed by atoms with Gasteiger partial charge in [-0.3, -0.25) is 4.79 Å². The Balaban J connectivity index is 2.10.